The second-order valence-electron chi connectivity index (χ2n) is 4.53. The number of carbonyl (C=O) groups is 1. The minimum atomic E-state index is -3.61. The second kappa shape index (κ2) is 3.75. The van der Waals surface area contributed by atoms with Crippen molar-refractivity contribution in [3.63, 3.8) is 0 Å². The number of rotatable bonds is 3. The third-order valence-corrected chi connectivity index (χ3v) is 5.87. The molecule has 1 heterocycles. The lowest BCUT2D eigenvalue weighted by Crippen LogP contribution is -2.46. The first-order chi connectivity index (χ1) is 6.69. The zero-order valence-electron chi connectivity index (χ0n) is 9.23. The van der Waals surface area contributed by atoms with E-state index in [1.165, 1.54) is 13.8 Å². The number of aliphatic carboxylic acids is 1. The van der Waals surface area contributed by atoms with Crippen LogP contribution in [0.4, 0.5) is 0 Å². The van der Waals surface area contributed by atoms with E-state index in [9.17, 15) is 13.2 Å². The van der Waals surface area contributed by atoms with Crippen LogP contribution in [0.1, 0.15) is 20.3 Å². The smallest absolute Gasteiger partial charge is 0.324 e. The van der Waals surface area contributed by atoms with Crippen molar-refractivity contribution in [1.82, 2.24) is 4.90 Å². The fourth-order valence-electron chi connectivity index (χ4n) is 1.69. The van der Waals surface area contributed by atoms with E-state index in [1.54, 1.807) is 0 Å². The lowest BCUT2D eigenvalue weighted by Gasteiger charge is -2.23. The molecule has 0 amide bonds. The first-order valence-electron chi connectivity index (χ1n) is 4.85. The van der Waals surface area contributed by atoms with E-state index in [2.05, 4.69) is 0 Å². The lowest BCUT2D eigenvalue weighted by molar-refractivity contribution is -0.139. The predicted molar refractivity (Wildman–Crippen MR) is 56.5 cm³/mol. The Labute approximate surface area is 90.0 Å². The highest BCUT2D eigenvalue weighted by atomic mass is 32.2. The standard InChI is InChI=1S/C9H17NO4S/c1-9(2,8(11)12)15(13,14)7-4-5-10(3)6-7/h7H,4-6H2,1-3H3,(H,11,12). The second-order valence-corrected chi connectivity index (χ2v) is 7.31. The Morgan fingerprint density at radius 3 is 2.33 bits per heavy atom. The molecule has 1 aliphatic rings. The van der Waals surface area contributed by atoms with Crippen molar-refractivity contribution in [2.75, 3.05) is 20.1 Å². The van der Waals surface area contributed by atoms with Gasteiger partial charge in [-0.05, 0) is 33.9 Å². The van der Waals surface area contributed by atoms with Crippen LogP contribution in [-0.4, -0.2) is 54.5 Å². The van der Waals surface area contributed by atoms with Gasteiger partial charge in [-0.25, -0.2) is 8.42 Å². The SMILES string of the molecule is CN1CCC(S(=O)(=O)C(C)(C)C(=O)O)C1. The summed E-state index contributed by atoms with van der Waals surface area (Å²) < 4.78 is 22.4. The summed E-state index contributed by atoms with van der Waals surface area (Å²) in [4.78, 5) is 12.8. The third-order valence-electron chi connectivity index (χ3n) is 3.01. The van der Waals surface area contributed by atoms with Gasteiger partial charge in [-0.2, -0.15) is 0 Å². The summed E-state index contributed by atoms with van der Waals surface area (Å²) >= 11 is 0. The molecule has 88 valence electrons. The van der Waals surface area contributed by atoms with E-state index in [-0.39, 0.29) is 0 Å². The molecule has 1 fully saturated rings. The molecular weight excluding hydrogens is 218 g/mol. The third kappa shape index (κ3) is 2.01. The summed E-state index contributed by atoms with van der Waals surface area (Å²) in [6.45, 7) is 3.64. The van der Waals surface area contributed by atoms with Crippen molar-refractivity contribution >= 4 is 15.8 Å². The van der Waals surface area contributed by atoms with Gasteiger partial charge in [-0.3, -0.25) is 4.79 Å². The molecule has 0 saturated carbocycles. The quantitative estimate of drug-likeness (QED) is 0.743. The average Bonchev–Trinajstić information content (AvgIpc) is 2.51. The summed E-state index contributed by atoms with van der Waals surface area (Å²) in [6.07, 6.45) is 0.523. The summed E-state index contributed by atoms with van der Waals surface area (Å²) in [7, 11) is -1.78. The Bertz CT molecular complexity index is 360. The molecule has 0 bridgehead atoms. The van der Waals surface area contributed by atoms with Crippen molar-refractivity contribution in [2.24, 2.45) is 0 Å². The number of carboxylic acid groups (broad SMARTS) is 1. The first-order valence-corrected chi connectivity index (χ1v) is 6.39. The Hall–Kier alpha value is -0.620. The van der Waals surface area contributed by atoms with E-state index in [0.717, 1.165) is 0 Å². The molecule has 0 radical (unpaired) electrons. The number of carboxylic acids is 1. The molecule has 1 aliphatic heterocycles. The predicted octanol–water partition coefficient (Wildman–Crippen LogP) is -0.0315. The van der Waals surface area contributed by atoms with Crippen molar-refractivity contribution in [3.8, 4) is 0 Å². The van der Waals surface area contributed by atoms with Crippen LogP contribution in [0.15, 0.2) is 0 Å². The van der Waals surface area contributed by atoms with E-state index in [4.69, 9.17) is 5.11 Å². The van der Waals surface area contributed by atoms with Crippen LogP contribution in [0.25, 0.3) is 0 Å². The van der Waals surface area contributed by atoms with Crippen LogP contribution >= 0.6 is 0 Å². The highest BCUT2D eigenvalue weighted by Gasteiger charge is 2.47. The number of hydrogen-bond donors (Lipinski definition) is 1. The molecule has 1 unspecified atom stereocenters. The van der Waals surface area contributed by atoms with Crippen molar-refractivity contribution in [1.29, 1.82) is 0 Å². The van der Waals surface area contributed by atoms with E-state index in [1.807, 2.05) is 11.9 Å². The summed E-state index contributed by atoms with van der Waals surface area (Å²) in [5.74, 6) is -1.28. The van der Waals surface area contributed by atoms with Gasteiger partial charge in [-0.1, -0.05) is 0 Å². The minimum absolute atomic E-state index is 0.430. The van der Waals surface area contributed by atoms with Gasteiger partial charge in [-0.15, -0.1) is 0 Å². The maximum atomic E-state index is 12.0. The molecule has 1 rings (SSSR count). The highest BCUT2D eigenvalue weighted by Crippen LogP contribution is 2.27. The molecule has 1 saturated heterocycles. The zero-order chi connectivity index (χ0) is 11.9. The molecule has 0 aromatic carbocycles. The van der Waals surface area contributed by atoms with Crippen LogP contribution in [-0.2, 0) is 14.6 Å². The Balaban J connectivity index is 2.98. The molecule has 0 spiro atoms. The number of nitrogens with zero attached hydrogens (tertiary/aromatic N) is 1. The van der Waals surface area contributed by atoms with Gasteiger partial charge in [0.05, 0.1) is 5.25 Å². The van der Waals surface area contributed by atoms with E-state index < -0.39 is 25.8 Å². The fraction of sp³-hybridized carbons (Fsp3) is 0.889. The number of likely N-dealkylation sites (tertiary alicyclic amines) is 1. The minimum Gasteiger partial charge on any atom is -0.480 e. The molecule has 1 atom stereocenters. The summed E-state index contributed by atoms with van der Waals surface area (Å²) in [5.41, 5.74) is 0. The van der Waals surface area contributed by atoms with Gasteiger partial charge in [0.2, 0.25) is 0 Å². The van der Waals surface area contributed by atoms with Gasteiger partial charge in [0.1, 0.15) is 0 Å². The van der Waals surface area contributed by atoms with Crippen LogP contribution < -0.4 is 0 Å². The largest absolute Gasteiger partial charge is 0.480 e. The molecule has 15 heavy (non-hydrogen) atoms. The Kier molecular flexibility index (Phi) is 3.11. The molecule has 5 nitrogen and oxygen atoms in total. The van der Waals surface area contributed by atoms with Gasteiger partial charge in [0, 0.05) is 6.54 Å². The van der Waals surface area contributed by atoms with Crippen molar-refractivity contribution in [2.45, 2.75) is 30.3 Å². The molecular formula is C9H17NO4S. The lowest BCUT2D eigenvalue weighted by atomic mass is 10.2. The Morgan fingerprint density at radius 1 is 1.47 bits per heavy atom. The van der Waals surface area contributed by atoms with E-state index in [0.29, 0.717) is 19.5 Å². The highest BCUT2D eigenvalue weighted by molar-refractivity contribution is 7.94. The normalized spacial score (nSPS) is 24.3. The molecule has 0 aromatic rings. The summed E-state index contributed by atoms with van der Waals surface area (Å²) in [5, 5.41) is 8.36. The van der Waals surface area contributed by atoms with Crippen LogP contribution in [0.5, 0.6) is 0 Å². The maximum absolute atomic E-state index is 12.0. The van der Waals surface area contributed by atoms with Gasteiger partial charge >= 0.3 is 5.97 Å². The van der Waals surface area contributed by atoms with Crippen molar-refractivity contribution in [3.05, 3.63) is 0 Å². The monoisotopic (exact) mass is 235 g/mol. The maximum Gasteiger partial charge on any atom is 0.324 e. The molecule has 0 aliphatic carbocycles. The zero-order valence-corrected chi connectivity index (χ0v) is 10.0. The topological polar surface area (TPSA) is 74.7 Å². The molecule has 1 N–H and O–H groups in total. The fourth-order valence-corrected chi connectivity index (χ4v) is 3.63. The number of sulfone groups is 1. The first kappa shape index (κ1) is 12.4. The van der Waals surface area contributed by atoms with E-state index >= 15 is 0 Å². The van der Waals surface area contributed by atoms with Crippen LogP contribution in [0.3, 0.4) is 0 Å². The van der Waals surface area contributed by atoms with Crippen molar-refractivity contribution < 1.29 is 18.3 Å². The molecule has 6 heteroatoms. The Morgan fingerprint density at radius 2 is 2.00 bits per heavy atom. The molecule has 0 aromatic heterocycles. The van der Waals surface area contributed by atoms with Gasteiger partial charge < -0.3 is 10.0 Å². The van der Waals surface area contributed by atoms with Gasteiger partial charge in [0.15, 0.2) is 14.6 Å². The van der Waals surface area contributed by atoms with Gasteiger partial charge in [0.25, 0.3) is 0 Å². The average molecular weight is 235 g/mol. The number of hydrogen-bond acceptors (Lipinski definition) is 4. The summed E-state index contributed by atoms with van der Waals surface area (Å²) in [6, 6.07) is 0. The van der Waals surface area contributed by atoms with Crippen LogP contribution in [0.2, 0.25) is 0 Å². The van der Waals surface area contributed by atoms with Crippen LogP contribution in [0, 0.1) is 0 Å².